The molecule has 0 N–H and O–H groups in total. The fourth-order valence-electron chi connectivity index (χ4n) is 7.50. The lowest BCUT2D eigenvalue weighted by Gasteiger charge is -2.18. The first-order valence-corrected chi connectivity index (χ1v) is 27.0. The zero-order valence-electron chi connectivity index (χ0n) is 31.3. The third-order valence-electron chi connectivity index (χ3n) is 10.5. The molecule has 7 aromatic carbocycles. The Balaban J connectivity index is 1.13. The van der Waals surface area contributed by atoms with Gasteiger partial charge in [-0.25, -0.2) is 9.97 Å². The SMILES string of the molecule is Cc1ccc2c(-c3ccc(-c4nc5ccc([Si](C)(C)C)cc5s4)cc3)c3ccccc3c(-c3ccc(-c4nc5ccc([Si](C)(C)C)cc5s4)cc3)c2c1. The van der Waals surface area contributed by atoms with Crippen LogP contribution < -0.4 is 10.4 Å². The molecule has 0 aliphatic heterocycles. The molecule has 9 rings (SSSR count). The summed E-state index contributed by atoms with van der Waals surface area (Å²) < 4.78 is 2.55. The van der Waals surface area contributed by atoms with Crippen LogP contribution in [0.5, 0.6) is 0 Å². The molecule has 0 radical (unpaired) electrons. The standard InChI is InChI=1S/C47H42N2S2Si2/c1-29-12-23-38-39(26-29)45(31-15-19-33(20-16-31)47-49-41-25-22-35(53(5,6)7)28-43(41)51-47)37-11-9-8-10-36(37)44(38)30-13-17-32(18-14-30)46-48-40-24-21-34(52(2,3)4)27-42(40)50-46/h8-28H,1-7H3. The van der Waals surface area contributed by atoms with E-state index in [0.717, 1.165) is 32.2 Å². The molecule has 0 spiro atoms. The Morgan fingerprint density at radius 1 is 0.415 bits per heavy atom. The van der Waals surface area contributed by atoms with Crippen molar-refractivity contribution in [2.75, 3.05) is 0 Å². The normalized spacial score (nSPS) is 12.4. The molecule has 0 aliphatic carbocycles. The van der Waals surface area contributed by atoms with E-state index >= 15 is 0 Å². The Kier molecular flexibility index (Phi) is 8.16. The van der Waals surface area contributed by atoms with Crippen molar-refractivity contribution >= 4 is 91.2 Å². The molecule has 0 unspecified atom stereocenters. The Hall–Kier alpha value is -4.73. The van der Waals surface area contributed by atoms with Crippen LogP contribution in [0.3, 0.4) is 0 Å². The Morgan fingerprint density at radius 3 is 1.28 bits per heavy atom. The molecule has 2 heterocycles. The van der Waals surface area contributed by atoms with Gasteiger partial charge in [0, 0.05) is 11.1 Å². The molecular formula is C47H42N2S2Si2. The van der Waals surface area contributed by atoms with Crippen LogP contribution in [0.1, 0.15) is 5.56 Å². The van der Waals surface area contributed by atoms with Crippen LogP contribution in [0.2, 0.25) is 39.3 Å². The predicted molar refractivity (Wildman–Crippen MR) is 240 cm³/mol. The van der Waals surface area contributed by atoms with E-state index in [4.69, 9.17) is 9.97 Å². The second-order valence-corrected chi connectivity index (χ2v) is 28.6. The second kappa shape index (κ2) is 12.7. The lowest BCUT2D eigenvalue weighted by molar-refractivity contribution is 1.47. The molecular weight excluding hydrogens is 713 g/mol. The summed E-state index contributed by atoms with van der Waals surface area (Å²) in [6, 6.07) is 47.7. The van der Waals surface area contributed by atoms with Crippen molar-refractivity contribution in [3.8, 4) is 43.4 Å². The van der Waals surface area contributed by atoms with Crippen molar-refractivity contribution in [1.82, 2.24) is 9.97 Å². The van der Waals surface area contributed by atoms with Crippen LogP contribution in [0, 0.1) is 6.92 Å². The van der Waals surface area contributed by atoms with Crippen LogP contribution in [0.25, 0.3) is 85.4 Å². The Labute approximate surface area is 321 Å². The van der Waals surface area contributed by atoms with E-state index in [0.29, 0.717) is 0 Å². The number of thiazole rings is 2. The van der Waals surface area contributed by atoms with E-state index in [1.807, 2.05) is 0 Å². The Morgan fingerprint density at radius 2 is 0.830 bits per heavy atom. The first-order chi connectivity index (χ1) is 25.4. The highest BCUT2D eigenvalue weighted by atomic mass is 32.1. The molecule has 0 fully saturated rings. The number of benzene rings is 7. The summed E-state index contributed by atoms with van der Waals surface area (Å²) in [5.41, 5.74) is 10.7. The summed E-state index contributed by atoms with van der Waals surface area (Å²) in [6.45, 7) is 16.6. The van der Waals surface area contributed by atoms with Gasteiger partial charge >= 0.3 is 0 Å². The van der Waals surface area contributed by atoms with Crippen molar-refractivity contribution in [3.63, 3.8) is 0 Å². The Bertz CT molecular complexity index is 2850. The molecule has 6 heteroatoms. The maximum absolute atomic E-state index is 5.05. The van der Waals surface area contributed by atoms with Gasteiger partial charge in [-0.2, -0.15) is 0 Å². The molecule has 0 bridgehead atoms. The quantitative estimate of drug-likeness (QED) is 0.125. The van der Waals surface area contributed by atoms with E-state index in [2.05, 4.69) is 174 Å². The van der Waals surface area contributed by atoms with Crippen molar-refractivity contribution < 1.29 is 0 Å². The molecule has 2 nitrogen and oxygen atoms in total. The maximum Gasteiger partial charge on any atom is 0.124 e. The molecule has 0 saturated heterocycles. The number of aromatic nitrogens is 2. The van der Waals surface area contributed by atoms with E-state index in [-0.39, 0.29) is 0 Å². The molecule has 9 aromatic rings. The number of nitrogens with zero attached hydrogens (tertiary/aromatic N) is 2. The highest BCUT2D eigenvalue weighted by molar-refractivity contribution is 7.22. The zero-order chi connectivity index (χ0) is 36.6. The lowest BCUT2D eigenvalue weighted by atomic mass is 9.85. The first kappa shape index (κ1) is 34.1. The van der Waals surface area contributed by atoms with Crippen molar-refractivity contribution in [2.45, 2.75) is 46.2 Å². The topological polar surface area (TPSA) is 25.8 Å². The first-order valence-electron chi connectivity index (χ1n) is 18.4. The van der Waals surface area contributed by atoms with E-state index in [9.17, 15) is 0 Å². The average molecular weight is 755 g/mol. The number of hydrogen-bond donors (Lipinski definition) is 0. The molecule has 0 atom stereocenters. The summed E-state index contributed by atoms with van der Waals surface area (Å²) in [5, 5.41) is 10.2. The minimum Gasteiger partial charge on any atom is -0.236 e. The summed E-state index contributed by atoms with van der Waals surface area (Å²) >= 11 is 3.60. The fourth-order valence-corrected chi connectivity index (χ4v) is 12.1. The van der Waals surface area contributed by atoms with Gasteiger partial charge in [-0.05, 0) is 75.0 Å². The van der Waals surface area contributed by atoms with Crippen molar-refractivity contribution in [3.05, 3.63) is 133 Å². The second-order valence-electron chi connectivity index (χ2n) is 16.4. The van der Waals surface area contributed by atoms with Gasteiger partial charge in [-0.3, -0.25) is 0 Å². The summed E-state index contributed by atoms with van der Waals surface area (Å²) in [5.74, 6) is 0. The highest BCUT2D eigenvalue weighted by Gasteiger charge is 2.21. The van der Waals surface area contributed by atoms with Crippen LogP contribution in [0.4, 0.5) is 0 Å². The minimum atomic E-state index is -1.39. The third kappa shape index (κ3) is 6.17. The zero-order valence-corrected chi connectivity index (χ0v) is 35.0. The highest BCUT2D eigenvalue weighted by Crippen LogP contribution is 2.45. The number of fused-ring (bicyclic) bond motifs is 4. The largest absolute Gasteiger partial charge is 0.236 e. The van der Waals surface area contributed by atoms with Crippen LogP contribution >= 0.6 is 22.7 Å². The number of hydrogen-bond acceptors (Lipinski definition) is 4. The van der Waals surface area contributed by atoms with Crippen LogP contribution in [-0.2, 0) is 0 Å². The average Bonchev–Trinajstić information content (AvgIpc) is 3.77. The predicted octanol–water partition coefficient (Wildman–Crippen LogP) is 13.3. The smallest absolute Gasteiger partial charge is 0.124 e. The van der Waals surface area contributed by atoms with Gasteiger partial charge in [0.2, 0.25) is 0 Å². The lowest BCUT2D eigenvalue weighted by Crippen LogP contribution is -2.37. The fraction of sp³-hybridized carbons (Fsp3) is 0.149. The molecule has 53 heavy (non-hydrogen) atoms. The number of aryl methyl sites for hydroxylation is 1. The summed E-state index contributed by atoms with van der Waals surface area (Å²) in [4.78, 5) is 10.1. The molecule has 0 aliphatic rings. The van der Waals surface area contributed by atoms with Gasteiger partial charge in [-0.15, -0.1) is 22.7 Å². The summed E-state index contributed by atoms with van der Waals surface area (Å²) in [7, 11) is -2.78. The molecule has 2 aromatic heterocycles. The minimum absolute atomic E-state index is 1.07. The number of rotatable bonds is 6. The maximum atomic E-state index is 5.05. The molecule has 260 valence electrons. The van der Waals surface area contributed by atoms with E-state index < -0.39 is 16.1 Å². The van der Waals surface area contributed by atoms with Gasteiger partial charge in [0.05, 0.1) is 36.6 Å². The van der Waals surface area contributed by atoms with Crippen molar-refractivity contribution in [2.24, 2.45) is 0 Å². The van der Waals surface area contributed by atoms with Gasteiger partial charge in [0.15, 0.2) is 0 Å². The molecule has 0 amide bonds. The van der Waals surface area contributed by atoms with Gasteiger partial charge in [0.25, 0.3) is 0 Å². The van der Waals surface area contributed by atoms with Crippen LogP contribution in [0.15, 0.2) is 127 Å². The van der Waals surface area contributed by atoms with E-state index in [1.165, 1.54) is 69.1 Å². The van der Waals surface area contributed by atoms with E-state index in [1.54, 1.807) is 22.7 Å². The van der Waals surface area contributed by atoms with Gasteiger partial charge in [-0.1, -0.05) is 158 Å². The monoisotopic (exact) mass is 754 g/mol. The van der Waals surface area contributed by atoms with Crippen molar-refractivity contribution in [1.29, 1.82) is 0 Å². The molecule has 0 saturated carbocycles. The third-order valence-corrected chi connectivity index (χ3v) is 16.8. The van der Waals surface area contributed by atoms with Crippen LogP contribution in [-0.4, -0.2) is 26.1 Å². The summed E-state index contributed by atoms with van der Waals surface area (Å²) in [6.07, 6.45) is 0. The van der Waals surface area contributed by atoms with Gasteiger partial charge < -0.3 is 0 Å². The van der Waals surface area contributed by atoms with Gasteiger partial charge in [0.1, 0.15) is 10.0 Å².